The van der Waals surface area contributed by atoms with E-state index in [-0.39, 0.29) is 0 Å². The van der Waals surface area contributed by atoms with Crippen LogP contribution in [-0.2, 0) is 0 Å². The minimum atomic E-state index is 0.815. The highest BCUT2D eigenvalue weighted by atomic mass is 16.5. The first-order valence-corrected chi connectivity index (χ1v) is 6.42. The Morgan fingerprint density at radius 2 is 1.65 bits per heavy atom. The van der Waals surface area contributed by atoms with Crippen LogP contribution in [-0.4, -0.2) is 22.1 Å². The zero-order valence-electron chi connectivity index (χ0n) is 11.4. The van der Waals surface area contributed by atoms with Crippen molar-refractivity contribution in [2.45, 2.75) is 6.92 Å². The lowest BCUT2D eigenvalue weighted by atomic mass is 10.1. The molecule has 0 unspecified atom stereocenters. The molecule has 0 aliphatic heterocycles. The molecule has 0 fully saturated rings. The highest BCUT2D eigenvalue weighted by Crippen LogP contribution is 2.32. The van der Waals surface area contributed by atoms with Gasteiger partial charge in [-0.1, -0.05) is 35.5 Å². The zero-order valence-corrected chi connectivity index (χ0v) is 11.4. The van der Waals surface area contributed by atoms with Gasteiger partial charge in [-0.3, -0.25) is 0 Å². The lowest BCUT2D eigenvalue weighted by Crippen LogP contribution is -2.00. The Balaban J connectivity index is 2.22. The minimum absolute atomic E-state index is 0.815. The summed E-state index contributed by atoms with van der Waals surface area (Å²) in [5, 5.41) is 8.45. The Labute approximate surface area is 117 Å². The third-order valence-electron chi connectivity index (χ3n) is 3.20. The molecule has 0 saturated heterocycles. The molecule has 20 heavy (non-hydrogen) atoms. The van der Waals surface area contributed by atoms with Gasteiger partial charge in [0.1, 0.15) is 11.4 Å². The van der Waals surface area contributed by atoms with Crippen molar-refractivity contribution in [3.8, 4) is 22.7 Å². The molecule has 0 aliphatic carbocycles. The van der Waals surface area contributed by atoms with Gasteiger partial charge in [-0.25, -0.2) is 4.68 Å². The van der Waals surface area contributed by atoms with Crippen LogP contribution in [0.3, 0.4) is 0 Å². The van der Waals surface area contributed by atoms with E-state index in [0.717, 1.165) is 28.4 Å². The van der Waals surface area contributed by atoms with Crippen LogP contribution < -0.4 is 4.74 Å². The van der Waals surface area contributed by atoms with Crippen LogP contribution in [0.25, 0.3) is 16.9 Å². The Kier molecular flexibility index (Phi) is 3.21. The molecule has 0 saturated carbocycles. The fourth-order valence-corrected chi connectivity index (χ4v) is 2.26. The summed E-state index contributed by atoms with van der Waals surface area (Å²) in [7, 11) is 1.67. The van der Waals surface area contributed by atoms with Crippen LogP contribution in [0.2, 0.25) is 0 Å². The zero-order chi connectivity index (χ0) is 13.9. The highest BCUT2D eigenvalue weighted by Gasteiger charge is 2.16. The summed E-state index contributed by atoms with van der Waals surface area (Å²) >= 11 is 0. The van der Waals surface area contributed by atoms with E-state index in [1.54, 1.807) is 7.11 Å². The predicted molar refractivity (Wildman–Crippen MR) is 78.1 cm³/mol. The smallest absolute Gasteiger partial charge is 0.128 e. The Hall–Kier alpha value is -2.62. The number of methoxy groups -OCH3 is 1. The SMILES string of the molecule is COc1ccccc1-c1c(C)nnn1-c1ccccc1. The second kappa shape index (κ2) is 5.17. The van der Waals surface area contributed by atoms with E-state index < -0.39 is 0 Å². The van der Waals surface area contributed by atoms with Gasteiger partial charge in [0.2, 0.25) is 0 Å². The van der Waals surface area contributed by atoms with Gasteiger partial charge in [-0.15, -0.1) is 5.10 Å². The number of rotatable bonds is 3. The van der Waals surface area contributed by atoms with Crippen molar-refractivity contribution in [1.82, 2.24) is 15.0 Å². The number of ether oxygens (including phenoxy) is 1. The molecule has 0 bridgehead atoms. The highest BCUT2D eigenvalue weighted by molar-refractivity contribution is 5.70. The fraction of sp³-hybridized carbons (Fsp3) is 0.125. The van der Waals surface area contributed by atoms with Crippen molar-refractivity contribution in [2.24, 2.45) is 0 Å². The lowest BCUT2D eigenvalue weighted by molar-refractivity contribution is 0.416. The van der Waals surface area contributed by atoms with Crippen molar-refractivity contribution >= 4 is 0 Å². The van der Waals surface area contributed by atoms with Crippen LogP contribution in [0.15, 0.2) is 54.6 Å². The molecule has 4 nitrogen and oxygen atoms in total. The first-order valence-electron chi connectivity index (χ1n) is 6.42. The maximum Gasteiger partial charge on any atom is 0.128 e. The number of aryl methyl sites for hydroxylation is 1. The quantitative estimate of drug-likeness (QED) is 0.729. The first kappa shape index (κ1) is 12.4. The van der Waals surface area contributed by atoms with Gasteiger partial charge in [-0.05, 0) is 31.2 Å². The summed E-state index contributed by atoms with van der Waals surface area (Å²) in [6, 6.07) is 17.9. The maximum atomic E-state index is 5.45. The second-order valence-corrected chi connectivity index (χ2v) is 4.47. The van der Waals surface area contributed by atoms with Crippen LogP contribution in [0.1, 0.15) is 5.69 Å². The van der Waals surface area contributed by atoms with Crippen LogP contribution in [0, 0.1) is 6.92 Å². The molecule has 3 aromatic rings. The number of aromatic nitrogens is 3. The van der Waals surface area contributed by atoms with Gasteiger partial charge in [0, 0.05) is 5.56 Å². The van der Waals surface area contributed by atoms with Crippen molar-refractivity contribution in [3.05, 3.63) is 60.3 Å². The molecule has 0 atom stereocenters. The van der Waals surface area contributed by atoms with Gasteiger partial charge in [-0.2, -0.15) is 0 Å². The van der Waals surface area contributed by atoms with E-state index >= 15 is 0 Å². The summed E-state index contributed by atoms with van der Waals surface area (Å²) in [4.78, 5) is 0. The van der Waals surface area contributed by atoms with E-state index in [0.29, 0.717) is 0 Å². The van der Waals surface area contributed by atoms with Crippen LogP contribution in [0.4, 0.5) is 0 Å². The second-order valence-electron chi connectivity index (χ2n) is 4.47. The lowest BCUT2D eigenvalue weighted by Gasteiger charge is -2.11. The Morgan fingerprint density at radius 3 is 2.40 bits per heavy atom. The summed E-state index contributed by atoms with van der Waals surface area (Å²) in [5.41, 5.74) is 3.79. The van der Waals surface area contributed by atoms with Crippen molar-refractivity contribution in [1.29, 1.82) is 0 Å². The minimum Gasteiger partial charge on any atom is -0.496 e. The third-order valence-corrected chi connectivity index (χ3v) is 3.20. The number of benzene rings is 2. The number of nitrogens with zero attached hydrogens (tertiary/aromatic N) is 3. The number of hydrogen-bond acceptors (Lipinski definition) is 3. The molecule has 0 spiro atoms. The third kappa shape index (κ3) is 2.05. The first-order chi connectivity index (χ1) is 9.81. The van der Waals surface area contributed by atoms with Crippen LogP contribution >= 0.6 is 0 Å². The average molecular weight is 265 g/mol. The van der Waals surface area contributed by atoms with E-state index in [1.807, 2.05) is 66.2 Å². The molecular weight excluding hydrogens is 250 g/mol. The number of hydrogen-bond donors (Lipinski definition) is 0. The fourth-order valence-electron chi connectivity index (χ4n) is 2.26. The van der Waals surface area contributed by atoms with E-state index in [2.05, 4.69) is 10.3 Å². The average Bonchev–Trinajstić information content (AvgIpc) is 2.89. The Bertz CT molecular complexity index is 720. The van der Waals surface area contributed by atoms with Gasteiger partial charge in [0.25, 0.3) is 0 Å². The molecular formula is C16H15N3O. The van der Waals surface area contributed by atoms with E-state index in [4.69, 9.17) is 4.74 Å². The van der Waals surface area contributed by atoms with E-state index in [1.165, 1.54) is 0 Å². The molecule has 0 amide bonds. The van der Waals surface area contributed by atoms with Crippen molar-refractivity contribution in [3.63, 3.8) is 0 Å². The summed E-state index contributed by atoms with van der Waals surface area (Å²) in [5.74, 6) is 0.815. The summed E-state index contributed by atoms with van der Waals surface area (Å²) in [6.45, 7) is 1.95. The molecule has 4 heteroatoms. The monoisotopic (exact) mass is 265 g/mol. The normalized spacial score (nSPS) is 10.5. The topological polar surface area (TPSA) is 39.9 Å². The van der Waals surface area contributed by atoms with Gasteiger partial charge < -0.3 is 4.74 Å². The molecule has 0 aliphatic rings. The molecule has 1 heterocycles. The molecule has 3 rings (SSSR count). The molecule has 0 N–H and O–H groups in total. The summed E-state index contributed by atoms with van der Waals surface area (Å²) < 4.78 is 7.29. The number of para-hydroxylation sites is 2. The molecule has 100 valence electrons. The van der Waals surface area contributed by atoms with Crippen LogP contribution in [0.5, 0.6) is 5.75 Å². The Morgan fingerprint density at radius 1 is 0.950 bits per heavy atom. The molecule has 0 radical (unpaired) electrons. The largest absolute Gasteiger partial charge is 0.496 e. The summed E-state index contributed by atoms with van der Waals surface area (Å²) in [6.07, 6.45) is 0. The standard InChI is InChI=1S/C16H15N3O/c1-12-16(14-10-6-7-11-15(14)20-2)19(18-17-12)13-8-4-3-5-9-13/h3-11H,1-2H3. The van der Waals surface area contributed by atoms with Gasteiger partial charge in [0.15, 0.2) is 0 Å². The van der Waals surface area contributed by atoms with Crippen molar-refractivity contribution in [2.75, 3.05) is 7.11 Å². The molecule has 2 aromatic carbocycles. The van der Waals surface area contributed by atoms with E-state index in [9.17, 15) is 0 Å². The molecule has 1 aromatic heterocycles. The van der Waals surface area contributed by atoms with Gasteiger partial charge in [0.05, 0.1) is 18.5 Å². The predicted octanol–water partition coefficient (Wildman–Crippen LogP) is 3.25. The van der Waals surface area contributed by atoms with Gasteiger partial charge >= 0.3 is 0 Å². The maximum absolute atomic E-state index is 5.45. The van der Waals surface area contributed by atoms with Crippen molar-refractivity contribution < 1.29 is 4.74 Å².